The second-order valence-electron chi connectivity index (χ2n) is 5.64. The van der Waals surface area contributed by atoms with Crippen LogP contribution in [0.4, 0.5) is 0 Å². The average Bonchev–Trinajstić information content (AvgIpc) is 3.16. The Labute approximate surface area is 156 Å². The molecule has 0 bridgehead atoms. The number of carbonyl (C=O) groups is 1. The predicted octanol–water partition coefficient (Wildman–Crippen LogP) is 3.90. The van der Waals surface area contributed by atoms with Crippen molar-refractivity contribution in [3.05, 3.63) is 65.7 Å². The number of nitrogens with one attached hydrogen (secondary N) is 1. The van der Waals surface area contributed by atoms with E-state index in [9.17, 15) is 4.79 Å². The molecule has 3 rings (SSSR count). The van der Waals surface area contributed by atoms with E-state index >= 15 is 0 Å². The minimum atomic E-state index is -0.640. The highest BCUT2D eigenvalue weighted by Gasteiger charge is 2.17. The average molecular weight is 368 g/mol. The SMILES string of the molecule is COc1ccccc1OC(C)C(=O)NCc1csc(-c2ccccc2)n1. The molecular weight excluding hydrogens is 348 g/mol. The van der Waals surface area contributed by atoms with E-state index in [1.807, 2.05) is 47.8 Å². The monoisotopic (exact) mass is 368 g/mol. The summed E-state index contributed by atoms with van der Waals surface area (Å²) in [4.78, 5) is 16.9. The molecule has 3 aromatic rings. The van der Waals surface area contributed by atoms with Crippen LogP contribution in [0.3, 0.4) is 0 Å². The van der Waals surface area contributed by atoms with Crippen molar-refractivity contribution in [1.29, 1.82) is 0 Å². The summed E-state index contributed by atoms with van der Waals surface area (Å²) in [6.07, 6.45) is -0.640. The van der Waals surface area contributed by atoms with Crippen LogP contribution in [-0.4, -0.2) is 24.1 Å². The van der Waals surface area contributed by atoms with Gasteiger partial charge in [0.1, 0.15) is 5.01 Å². The first-order chi connectivity index (χ1) is 12.7. The summed E-state index contributed by atoms with van der Waals surface area (Å²) >= 11 is 1.56. The molecule has 0 fully saturated rings. The highest BCUT2D eigenvalue weighted by molar-refractivity contribution is 7.13. The molecule has 1 amide bonds. The van der Waals surface area contributed by atoms with E-state index in [2.05, 4.69) is 10.3 Å². The van der Waals surface area contributed by atoms with Crippen molar-refractivity contribution in [2.75, 3.05) is 7.11 Å². The molecule has 134 valence electrons. The van der Waals surface area contributed by atoms with Crippen LogP contribution < -0.4 is 14.8 Å². The number of rotatable bonds is 7. The van der Waals surface area contributed by atoms with Crippen LogP contribution in [0, 0.1) is 0 Å². The lowest BCUT2D eigenvalue weighted by Crippen LogP contribution is -2.36. The van der Waals surface area contributed by atoms with Gasteiger partial charge in [0, 0.05) is 10.9 Å². The molecule has 0 spiro atoms. The van der Waals surface area contributed by atoms with Crippen molar-refractivity contribution < 1.29 is 14.3 Å². The number of amides is 1. The maximum Gasteiger partial charge on any atom is 0.261 e. The van der Waals surface area contributed by atoms with Gasteiger partial charge in [0.05, 0.1) is 19.3 Å². The number of carbonyl (C=O) groups excluding carboxylic acids is 1. The number of thiazole rings is 1. The lowest BCUT2D eigenvalue weighted by Gasteiger charge is -2.16. The topological polar surface area (TPSA) is 60.5 Å². The van der Waals surface area contributed by atoms with Gasteiger partial charge in [-0.25, -0.2) is 4.98 Å². The first-order valence-corrected chi connectivity index (χ1v) is 9.12. The molecule has 0 aliphatic carbocycles. The molecule has 1 atom stereocenters. The smallest absolute Gasteiger partial charge is 0.261 e. The van der Waals surface area contributed by atoms with Gasteiger partial charge in [-0.3, -0.25) is 4.79 Å². The number of hydrogen-bond acceptors (Lipinski definition) is 5. The normalized spacial score (nSPS) is 11.6. The summed E-state index contributed by atoms with van der Waals surface area (Å²) in [5.74, 6) is 0.932. The first kappa shape index (κ1) is 17.9. The zero-order valence-electron chi connectivity index (χ0n) is 14.6. The van der Waals surface area contributed by atoms with E-state index in [0.717, 1.165) is 16.3 Å². The summed E-state index contributed by atoms with van der Waals surface area (Å²) in [6.45, 7) is 2.07. The number of ether oxygens (including phenoxy) is 2. The van der Waals surface area contributed by atoms with E-state index in [1.54, 1.807) is 37.5 Å². The Hall–Kier alpha value is -2.86. The van der Waals surface area contributed by atoms with E-state index in [1.165, 1.54) is 0 Å². The van der Waals surface area contributed by atoms with Crippen LogP contribution in [0.15, 0.2) is 60.0 Å². The molecule has 6 heteroatoms. The van der Waals surface area contributed by atoms with Gasteiger partial charge in [-0.15, -0.1) is 11.3 Å². The van der Waals surface area contributed by atoms with Gasteiger partial charge < -0.3 is 14.8 Å². The maximum atomic E-state index is 12.3. The van der Waals surface area contributed by atoms with Crippen molar-refractivity contribution in [3.8, 4) is 22.1 Å². The number of benzene rings is 2. The third kappa shape index (κ3) is 4.40. The van der Waals surface area contributed by atoms with Crippen LogP contribution in [0.5, 0.6) is 11.5 Å². The van der Waals surface area contributed by atoms with Crippen LogP contribution in [0.25, 0.3) is 10.6 Å². The number of aromatic nitrogens is 1. The fourth-order valence-electron chi connectivity index (χ4n) is 2.38. The second kappa shape index (κ2) is 8.49. The summed E-state index contributed by atoms with van der Waals surface area (Å²) in [5, 5.41) is 5.75. The minimum Gasteiger partial charge on any atom is -0.493 e. The minimum absolute atomic E-state index is 0.204. The van der Waals surface area contributed by atoms with Crippen LogP contribution >= 0.6 is 11.3 Å². The standard InChI is InChI=1S/C20H20N2O3S/c1-14(25-18-11-7-6-10-17(18)24-2)19(23)21-12-16-13-26-20(22-16)15-8-4-3-5-9-15/h3-11,13-14H,12H2,1-2H3,(H,21,23). The van der Waals surface area contributed by atoms with Crippen LogP contribution in [0.2, 0.25) is 0 Å². The number of nitrogens with zero attached hydrogens (tertiary/aromatic N) is 1. The fourth-order valence-corrected chi connectivity index (χ4v) is 3.21. The Balaban J connectivity index is 1.56. The molecule has 1 aromatic heterocycles. The van der Waals surface area contributed by atoms with Gasteiger partial charge in [0.15, 0.2) is 17.6 Å². The molecule has 0 radical (unpaired) electrons. The quantitative estimate of drug-likeness (QED) is 0.687. The molecule has 5 nitrogen and oxygen atoms in total. The molecule has 1 N–H and O–H groups in total. The van der Waals surface area contributed by atoms with Gasteiger partial charge in [0.2, 0.25) is 0 Å². The second-order valence-corrected chi connectivity index (χ2v) is 6.50. The Kier molecular flexibility index (Phi) is 5.86. The third-order valence-corrected chi connectivity index (χ3v) is 4.70. The zero-order chi connectivity index (χ0) is 18.4. The molecule has 0 saturated heterocycles. The zero-order valence-corrected chi connectivity index (χ0v) is 15.5. The molecular formula is C20H20N2O3S. The number of hydrogen-bond donors (Lipinski definition) is 1. The van der Waals surface area contributed by atoms with Crippen molar-refractivity contribution in [3.63, 3.8) is 0 Å². The largest absolute Gasteiger partial charge is 0.493 e. The molecule has 1 unspecified atom stereocenters. The van der Waals surface area contributed by atoms with E-state index in [0.29, 0.717) is 18.0 Å². The predicted molar refractivity (Wildman–Crippen MR) is 102 cm³/mol. The van der Waals surface area contributed by atoms with Crippen molar-refractivity contribution >= 4 is 17.2 Å². The van der Waals surface area contributed by atoms with E-state index in [-0.39, 0.29) is 5.91 Å². The first-order valence-electron chi connectivity index (χ1n) is 8.24. The lowest BCUT2D eigenvalue weighted by atomic mass is 10.2. The van der Waals surface area contributed by atoms with Crippen LogP contribution in [0.1, 0.15) is 12.6 Å². The van der Waals surface area contributed by atoms with Crippen molar-refractivity contribution in [2.24, 2.45) is 0 Å². The van der Waals surface area contributed by atoms with Gasteiger partial charge in [-0.1, -0.05) is 42.5 Å². The van der Waals surface area contributed by atoms with E-state index < -0.39 is 6.10 Å². The van der Waals surface area contributed by atoms with Crippen molar-refractivity contribution in [2.45, 2.75) is 19.6 Å². The highest BCUT2D eigenvalue weighted by Crippen LogP contribution is 2.27. The summed E-state index contributed by atoms with van der Waals surface area (Å²) in [7, 11) is 1.57. The highest BCUT2D eigenvalue weighted by atomic mass is 32.1. The summed E-state index contributed by atoms with van der Waals surface area (Å²) in [5.41, 5.74) is 1.90. The summed E-state index contributed by atoms with van der Waals surface area (Å²) < 4.78 is 10.9. The number of methoxy groups -OCH3 is 1. The van der Waals surface area contributed by atoms with Gasteiger partial charge in [-0.05, 0) is 19.1 Å². The van der Waals surface area contributed by atoms with E-state index in [4.69, 9.17) is 9.47 Å². The Morgan fingerprint density at radius 3 is 2.54 bits per heavy atom. The lowest BCUT2D eigenvalue weighted by molar-refractivity contribution is -0.127. The Bertz CT molecular complexity index is 864. The van der Waals surface area contributed by atoms with Gasteiger partial charge >= 0.3 is 0 Å². The molecule has 0 saturated carbocycles. The van der Waals surface area contributed by atoms with Gasteiger partial charge in [-0.2, -0.15) is 0 Å². The van der Waals surface area contributed by atoms with Gasteiger partial charge in [0.25, 0.3) is 5.91 Å². The third-order valence-electron chi connectivity index (χ3n) is 3.76. The fraction of sp³-hybridized carbons (Fsp3) is 0.200. The molecule has 2 aromatic carbocycles. The summed E-state index contributed by atoms with van der Waals surface area (Å²) in [6, 6.07) is 17.2. The molecule has 0 aliphatic heterocycles. The molecule has 0 aliphatic rings. The molecule has 1 heterocycles. The Morgan fingerprint density at radius 2 is 1.81 bits per heavy atom. The van der Waals surface area contributed by atoms with Crippen LogP contribution in [-0.2, 0) is 11.3 Å². The number of para-hydroxylation sites is 2. The maximum absolute atomic E-state index is 12.3. The van der Waals surface area contributed by atoms with Crippen molar-refractivity contribution in [1.82, 2.24) is 10.3 Å². The Morgan fingerprint density at radius 1 is 1.12 bits per heavy atom. The molecule has 26 heavy (non-hydrogen) atoms.